The molecule has 2 aromatic rings. The molecule has 4 nitrogen and oxygen atoms in total. The normalized spacial score (nSPS) is 17.1. The third kappa shape index (κ3) is 2.33. The van der Waals surface area contributed by atoms with Gasteiger partial charge in [0, 0.05) is 6.42 Å². The van der Waals surface area contributed by atoms with Gasteiger partial charge in [0.15, 0.2) is 0 Å². The molecule has 0 amide bonds. The highest BCUT2D eigenvalue weighted by Crippen LogP contribution is 2.28. The van der Waals surface area contributed by atoms with Crippen molar-refractivity contribution < 1.29 is 4.74 Å². The maximum absolute atomic E-state index is 11.9. The lowest BCUT2D eigenvalue weighted by atomic mass is 10.1. The van der Waals surface area contributed by atoms with Crippen molar-refractivity contribution in [1.29, 1.82) is 0 Å². The van der Waals surface area contributed by atoms with Gasteiger partial charge >= 0.3 is 0 Å². The number of nitrogens with zero attached hydrogens (tertiary/aromatic N) is 2. The van der Waals surface area contributed by atoms with Crippen molar-refractivity contribution in [2.45, 2.75) is 19.1 Å². The third-order valence-electron chi connectivity index (χ3n) is 3.03. The summed E-state index contributed by atoms with van der Waals surface area (Å²) >= 11 is 11.5. The van der Waals surface area contributed by atoms with Crippen LogP contribution in [0.25, 0.3) is 0 Å². The van der Waals surface area contributed by atoms with E-state index in [1.807, 2.05) is 24.3 Å². The summed E-state index contributed by atoms with van der Waals surface area (Å²) < 4.78 is 7.04. The van der Waals surface area contributed by atoms with E-state index in [1.165, 1.54) is 10.9 Å². The molecule has 1 atom stereocenters. The summed E-state index contributed by atoms with van der Waals surface area (Å²) in [6.45, 7) is 0.352. The largest absolute Gasteiger partial charge is 0.488 e. The van der Waals surface area contributed by atoms with Crippen LogP contribution in [0, 0.1) is 0 Å². The Labute approximate surface area is 119 Å². The first kappa shape index (κ1) is 12.5. The minimum absolute atomic E-state index is 0.00724. The number of fused-ring (bicyclic) bond motifs is 1. The van der Waals surface area contributed by atoms with Gasteiger partial charge in [0.2, 0.25) is 0 Å². The van der Waals surface area contributed by atoms with Gasteiger partial charge in [0.1, 0.15) is 16.9 Å². The van der Waals surface area contributed by atoms with Crippen LogP contribution in [-0.2, 0) is 13.0 Å². The van der Waals surface area contributed by atoms with Gasteiger partial charge in [0.05, 0.1) is 17.8 Å². The zero-order chi connectivity index (χ0) is 13.4. The number of ether oxygens (including phenoxy) is 1. The van der Waals surface area contributed by atoms with E-state index in [4.69, 9.17) is 27.9 Å². The first-order valence-electron chi connectivity index (χ1n) is 5.81. The molecule has 1 aliphatic rings. The second-order valence-electron chi connectivity index (χ2n) is 4.35. The number of para-hydroxylation sites is 1. The van der Waals surface area contributed by atoms with Crippen molar-refractivity contribution in [2.24, 2.45) is 0 Å². The zero-order valence-electron chi connectivity index (χ0n) is 9.85. The quantitative estimate of drug-likeness (QED) is 0.855. The molecule has 2 heterocycles. The fourth-order valence-corrected chi connectivity index (χ4v) is 2.39. The fraction of sp³-hybridized carbons (Fsp3) is 0.231. The molecule has 0 saturated carbocycles. The molecule has 0 N–H and O–H groups in total. The minimum Gasteiger partial charge on any atom is -0.488 e. The molecule has 19 heavy (non-hydrogen) atoms. The van der Waals surface area contributed by atoms with E-state index in [-0.39, 0.29) is 16.1 Å². The Morgan fingerprint density at radius 2 is 2.16 bits per heavy atom. The van der Waals surface area contributed by atoms with Crippen LogP contribution in [0.3, 0.4) is 0 Å². The molecule has 0 fully saturated rings. The summed E-state index contributed by atoms with van der Waals surface area (Å²) in [4.78, 5) is 11.9. The van der Waals surface area contributed by atoms with Gasteiger partial charge in [-0.05, 0) is 11.6 Å². The van der Waals surface area contributed by atoms with Gasteiger partial charge in [-0.25, -0.2) is 4.68 Å². The van der Waals surface area contributed by atoms with Crippen LogP contribution in [0.4, 0.5) is 0 Å². The Morgan fingerprint density at radius 3 is 2.95 bits per heavy atom. The summed E-state index contributed by atoms with van der Waals surface area (Å²) in [6.07, 6.45) is 2.01. The van der Waals surface area contributed by atoms with E-state index in [9.17, 15) is 4.79 Å². The molecule has 1 aliphatic heterocycles. The number of hydrogen-bond acceptors (Lipinski definition) is 3. The van der Waals surface area contributed by atoms with Crippen molar-refractivity contribution in [1.82, 2.24) is 9.78 Å². The highest BCUT2D eigenvalue weighted by molar-refractivity contribution is 6.41. The van der Waals surface area contributed by atoms with Crippen molar-refractivity contribution >= 4 is 23.2 Å². The smallest absolute Gasteiger partial charge is 0.287 e. The van der Waals surface area contributed by atoms with E-state index >= 15 is 0 Å². The van der Waals surface area contributed by atoms with E-state index in [2.05, 4.69) is 5.10 Å². The highest BCUT2D eigenvalue weighted by atomic mass is 35.5. The predicted octanol–water partition coefficient (Wildman–Crippen LogP) is 2.55. The number of aromatic nitrogens is 2. The Kier molecular flexibility index (Phi) is 3.21. The van der Waals surface area contributed by atoms with Crippen LogP contribution in [0.1, 0.15) is 5.56 Å². The summed E-state index contributed by atoms with van der Waals surface area (Å²) in [5.41, 5.74) is 0.745. The van der Waals surface area contributed by atoms with Gasteiger partial charge in [-0.1, -0.05) is 41.4 Å². The number of hydrogen-bond donors (Lipinski definition) is 0. The van der Waals surface area contributed by atoms with Gasteiger partial charge in [-0.15, -0.1) is 0 Å². The molecular formula is C13H10Cl2N2O2. The van der Waals surface area contributed by atoms with E-state index in [1.54, 1.807) is 0 Å². The second kappa shape index (κ2) is 4.87. The van der Waals surface area contributed by atoms with Crippen LogP contribution in [0.2, 0.25) is 10.0 Å². The Bertz CT molecular complexity index is 660. The molecule has 0 radical (unpaired) electrons. The maximum atomic E-state index is 11.9. The summed E-state index contributed by atoms with van der Waals surface area (Å²) in [7, 11) is 0. The molecule has 98 valence electrons. The Hall–Kier alpha value is -1.52. The van der Waals surface area contributed by atoms with Gasteiger partial charge in [-0.3, -0.25) is 4.79 Å². The van der Waals surface area contributed by atoms with Crippen molar-refractivity contribution in [3.63, 3.8) is 0 Å². The number of rotatable bonds is 2. The minimum atomic E-state index is -0.395. The Morgan fingerprint density at radius 1 is 1.37 bits per heavy atom. The van der Waals surface area contributed by atoms with Crippen LogP contribution < -0.4 is 10.3 Å². The molecule has 0 bridgehead atoms. The monoisotopic (exact) mass is 296 g/mol. The SMILES string of the molecule is O=c1c(Cl)c(Cl)cnn1CC1Cc2ccccc2O1. The van der Waals surface area contributed by atoms with Crippen molar-refractivity contribution in [3.05, 3.63) is 56.4 Å². The summed E-state index contributed by atoms with van der Waals surface area (Å²) in [6, 6.07) is 7.82. The average molecular weight is 297 g/mol. The topological polar surface area (TPSA) is 44.1 Å². The van der Waals surface area contributed by atoms with Crippen LogP contribution >= 0.6 is 23.2 Å². The van der Waals surface area contributed by atoms with Crippen molar-refractivity contribution in [2.75, 3.05) is 0 Å². The molecule has 0 spiro atoms. The van der Waals surface area contributed by atoms with Gasteiger partial charge in [-0.2, -0.15) is 5.10 Å². The number of halogens is 2. The lowest BCUT2D eigenvalue weighted by Crippen LogP contribution is -2.31. The van der Waals surface area contributed by atoms with E-state index in [0.717, 1.165) is 17.7 Å². The van der Waals surface area contributed by atoms with Gasteiger partial charge in [0.25, 0.3) is 5.56 Å². The summed E-state index contributed by atoms with van der Waals surface area (Å²) in [5.74, 6) is 0.862. The maximum Gasteiger partial charge on any atom is 0.287 e. The Balaban J connectivity index is 1.82. The van der Waals surface area contributed by atoms with Crippen LogP contribution in [-0.4, -0.2) is 15.9 Å². The van der Waals surface area contributed by atoms with Crippen LogP contribution in [0.5, 0.6) is 5.75 Å². The third-order valence-corrected chi connectivity index (χ3v) is 3.78. The lowest BCUT2D eigenvalue weighted by molar-refractivity contribution is 0.200. The number of benzene rings is 1. The molecule has 0 saturated heterocycles. The van der Waals surface area contributed by atoms with Crippen LogP contribution in [0.15, 0.2) is 35.3 Å². The molecule has 1 unspecified atom stereocenters. The molecule has 6 heteroatoms. The highest BCUT2D eigenvalue weighted by Gasteiger charge is 2.23. The average Bonchev–Trinajstić information content (AvgIpc) is 2.82. The first-order chi connectivity index (χ1) is 9.15. The predicted molar refractivity (Wildman–Crippen MR) is 73.1 cm³/mol. The zero-order valence-corrected chi connectivity index (χ0v) is 11.4. The first-order valence-corrected chi connectivity index (χ1v) is 6.56. The van der Waals surface area contributed by atoms with Gasteiger partial charge < -0.3 is 4.74 Å². The van der Waals surface area contributed by atoms with Crippen molar-refractivity contribution in [3.8, 4) is 5.75 Å². The molecular weight excluding hydrogens is 287 g/mol. The summed E-state index contributed by atoms with van der Waals surface area (Å²) in [5, 5.41) is 4.13. The molecule has 1 aromatic heterocycles. The van der Waals surface area contributed by atoms with E-state index < -0.39 is 5.56 Å². The molecule has 3 rings (SSSR count). The van der Waals surface area contributed by atoms with E-state index in [0.29, 0.717) is 6.54 Å². The second-order valence-corrected chi connectivity index (χ2v) is 5.13. The fourth-order valence-electron chi connectivity index (χ4n) is 2.12. The molecule has 1 aromatic carbocycles. The molecule has 0 aliphatic carbocycles. The lowest BCUT2D eigenvalue weighted by Gasteiger charge is -2.12. The standard InChI is InChI=1S/C13H10Cl2N2O2/c14-10-6-16-17(13(18)12(10)15)7-9-5-8-3-1-2-4-11(8)19-9/h1-4,6,9H,5,7H2.